The molecule has 1 saturated carbocycles. The van der Waals surface area contributed by atoms with E-state index >= 15 is 0 Å². The van der Waals surface area contributed by atoms with E-state index in [4.69, 9.17) is 0 Å². The second-order valence-corrected chi connectivity index (χ2v) is 6.93. The molecule has 5 heteroatoms. The van der Waals surface area contributed by atoms with Crippen LogP contribution in [0.1, 0.15) is 54.9 Å². The number of urea groups is 1. The van der Waals surface area contributed by atoms with Crippen LogP contribution in [0.5, 0.6) is 0 Å². The fraction of sp³-hybridized carbons (Fsp3) is 0.400. The van der Waals surface area contributed by atoms with Gasteiger partial charge >= 0.3 is 6.03 Å². The van der Waals surface area contributed by atoms with E-state index in [0.29, 0.717) is 17.4 Å². The van der Waals surface area contributed by atoms with Gasteiger partial charge in [0.05, 0.1) is 6.10 Å². The van der Waals surface area contributed by atoms with Gasteiger partial charge in [-0.3, -0.25) is 4.98 Å². The number of nitrogens with zero attached hydrogens (tertiary/aromatic N) is 1. The first-order valence-electron chi connectivity index (χ1n) is 8.77. The van der Waals surface area contributed by atoms with Gasteiger partial charge in [0.2, 0.25) is 0 Å². The number of amides is 2. The van der Waals surface area contributed by atoms with Crippen LogP contribution in [0.15, 0.2) is 48.8 Å². The molecule has 0 saturated heterocycles. The van der Waals surface area contributed by atoms with Crippen molar-refractivity contribution in [3.05, 3.63) is 65.5 Å². The number of nitrogens with one attached hydrogen (secondary N) is 2. The van der Waals surface area contributed by atoms with Crippen molar-refractivity contribution in [1.29, 1.82) is 0 Å². The number of benzene rings is 1. The summed E-state index contributed by atoms with van der Waals surface area (Å²) >= 11 is 0. The van der Waals surface area contributed by atoms with E-state index in [-0.39, 0.29) is 18.6 Å². The number of hydrogen-bond acceptors (Lipinski definition) is 3. The number of carbonyl (C=O) groups excluding carboxylic acids is 1. The van der Waals surface area contributed by atoms with Crippen molar-refractivity contribution in [3.8, 4) is 0 Å². The average molecular weight is 339 g/mol. The molecular weight excluding hydrogens is 314 g/mol. The molecule has 2 amide bonds. The van der Waals surface area contributed by atoms with E-state index in [9.17, 15) is 9.90 Å². The second kappa shape index (κ2) is 7.66. The summed E-state index contributed by atoms with van der Waals surface area (Å²) in [5, 5.41) is 15.7. The smallest absolute Gasteiger partial charge is 0.315 e. The van der Waals surface area contributed by atoms with E-state index in [1.807, 2.05) is 0 Å². The van der Waals surface area contributed by atoms with Crippen molar-refractivity contribution in [2.24, 2.45) is 0 Å². The number of rotatable bonds is 6. The Bertz CT molecular complexity index is 701. The minimum atomic E-state index is -0.752. The van der Waals surface area contributed by atoms with Crippen molar-refractivity contribution in [2.75, 3.05) is 6.54 Å². The maximum absolute atomic E-state index is 12.0. The summed E-state index contributed by atoms with van der Waals surface area (Å²) in [6.07, 6.45) is 3.46. The molecule has 2 aromatic rings. The summed E-state index contributed by atoms with van der Waals surface area (Å²) in [4.78, 5) is 16.0. The summed E-state index contributed by atoms with van der Waals surface area (Å²) in [7, 11) is 0. The van der Waals surface area contributed by atoms with E-state index in [0.717, 1.165) is 6.42 Å². The largest absolute Gasteiger partial charge is 0.387 e. The van der Waals surface area contributed by atoms with Crippen LogP contribution < -0.4 is 10.6 Å². The summed E-state index contributed by atoms with van der Waals surface area (Å²) < 4.78 is 0. The lowest BCUT2D eigenvalue weighted by Gasteiger charge is -2.12. The SMILES string of the molecule is CC(C)c1ccc(C2CC2NC(=O)NCC(O)c2cccnc2)cc1. The van der Waals surface area contributed by atoms with Crippen molar-refractivity contribution < 1.29 is 9.90 Å². The molecule has 3 unspecified atom stereocenters. The van der Waals surface area contributed by atoms with Crippen LogP contribution in [-0.4, -0.2) is 28.7 Å². The molecule has 25 heavy (non-hydrogen) atoms. The molecule has 1 heterocycles. The predicted octanol–water partition coefficient (Wildman–Crippen LogP) is 3.09. The summed E-state index contributed by atoms with van der Waals surface area (Å²) in [6, 6.07) is 12.1. The lowest BCUT2D eigenvalue weighted by molar-refractivity contribution is 0.172. The number of hydrogen-bond donors (Lipinski definition) is 3. The van der Waals surface area contributed by atoms with Crippen LogP contribution >= 0.6 is 0 Å². The molecule has 1 fully saturated rings. The molecule has 3 atom stereocenters. The van der Waals surface area contributed by atoms with Crippen LogP contribution in [0, 0.1) is 0 Å². The lowest BCUT2D eigenvalue weighted by atomic mass is 10.0. The first-order chi connectivity index (χ1) is 12.0. The molecule has 5 nitrogen and oxygen atoms in total. The molecule has 3 N–H and O–H groups in total. The van der Waals surface area contributed by atoms with Gasteiger partial charge in [-0.05, 0) is 29.5 Å². The molecular formula is C20H25N3O2. The third kappa shape index (κ3) is 4.57. The fourth-order valence-corrected chi connectivity index (χ4v) is 2.95. The minimum Gasteiger partial charge on any atom is -0.387 e. The molecule has 1 aliphatic rings. The zero-order chi connectivity index (χ0) is 17.8. The third-order valence-corrected chi connectivity index (χ3v) is 4.66. The first-order valence-corrected chi connectivity index (χ1v) is 8.77. The van der Waals surface area contributed by atoms with Gasteiger partial charge in [-0.2, -0.15) is 0 Å². The highest BCUT2D eigenvalue weighted by molar-refractivity contribution is 5.75. The summed E-state index contributed by atoms with van der Waals surface area (Å²) in [5.41, 5.74) is 3.29. The van der Waals surface area contributed by atoms with Gasteiger partial charge in [-0.15, -0.1) is 0 Å². The van der Waals surface area contributed by atoms with Crippen LogP contribution in [-0.2, 0) is 0 Å². The van der Waals surface area contributed by atoms with Gasteiger partial charge in [0, 0.05) is 36.5 Å². The molecule has 0 bridgehead atoms. The van der Waals surface area contributed by atoms with Crippen molar-refractivity contribution in [1.82, 2.24) is 15.6 Å². The van der Waals surface area contributed by atoms with Crippen LogP contribution in [0.25, 0.3) is 0 Å². The zero-order valence-corrected chi connectivity index (χ0v) is 14.6. The maximum Gasteiger partial charge on any atom is 0.315 e. The van der Waals surface area contributed by atoms with Crippen molar-refractivity contribution in [3.63, 3.8) is 0 Å². The predicted molar refractivity (Wildman–Crippen MR) is 97.4 cm³/mol. The Kier molecular flexibility index (Phi) is 5.34. The minimum absolute atomic E-state index is 0.165. The van der Waals surface area contributed by atoms with Gasteiger partial charge in [-0.25, -0.2) is 4.79 Å². The molecule has 1 aliphatic carbocycles. The lowest BCUT2D eigenvalue weighted by Crippen LogP contribution is -2.39. The Morgan fingerprint density at radius 2 is 2.00 bits per heavy atom. The van der Waals surface area contributed by atoms with Crippen molar-refractivity contribution >= 4 is 6.03 Å². The Morgan fingerprint density at radius 1 is 1.24 bits per heavy atom. The molecule has 1 aromatic heterocycles. The van der Waals surface area contributed by atoms with Gasteiger partial charge in [0.25, 0.3) is 0 Å². The molecule has 0 radical (unpaired) electrons. The second-order valence-electron chi connectivity index (χ2n) is 6.93. The van der Waals surface area contributed by atoms with E-state index in [1.165, 1.54) is 11.1 Å². The average Bonchev–Trinajstić information content (AvgIpc) is 3.39. The Hall–Kier alpha value is -2.40. The topological polar surface area (TPSA) is 74.2 Å². The third-order valence-electron chi connectivity index (χ3n) is 4.66. The number of aromatic nitrogens is 1. The van der Waals surface area contributed by atoms with Crippen LogP contribution in [0.4, 0.5) is 4.79 Å². The Balaban J connectivity index is 1.44. The highest BCUT2D eigenvalue weighted by atomic mass is 16.3. The highest BCUT2D eigenvalue weighted by Crippen LogP contribution is 2.41. The molecule has 0 aliphatic heterocycles. The maximum atomic E-state index is 12.0. The highest BCUT2D eigenvalue weighted by Gasteiger charge is 2.39. The van der Waals surface area contributed by atoms with E-state index < -0.39 is 6.10 Å². The van der Waals surface area contributed by atoms with Crippen LogP contribution in [0.2, 0.25) is 0 Å². The van der Waals surface area contributed by atoms with Gasteiger partial charge in [0.1, 0.15) is 0 Å². The molecule has 1 aromatic carbocycles. The first kappa shape index (κ1) is 17.4. The normalized spacial score (nSPS) is 20.2. The Labute approximate surface area is 148 Å². The van der Waals surface area contributed by atoms with Gasteiger partial charge in [0.15, 0.2) is 0 Å². The quantitative estimate of drug-likeness (QED) is 0.757. The van der Waals surface area contributed by atoms with E-state index in [1.54, 1.807) is 24.5 Å². The number of carbonyl (C=O) groups is 1. The standard InChI is InChI=1S/C20H25N3O2/c1-13(2)14-5-7-15(8-6-14)17-10-18(17)23-20(25)22-12-19(24)16-4-3-9-21-11-16/h3-9,11,13,17-19,24H,10,12H2,1-2H3,(H2,22,23,25). The summed E-state index contributed by atoms with van der Waals surface area (Å²) in [6.45, 7) is 4.53. The summed E-state index contributed by atoms with van der Waals surface area (Å²) in [5.74, 6) is 0.911. The number of aliphatic hydroxyl groups is 1. The van der Waals surface area contributed by atoms with Gasteiger partial charge < -0.3 is 15.7 Å². The number of pyridine rings is 1. The molecule has 132 valence electrons. The molecule has 0 spiro atoms. The Morgan fingerprint density at radius 3 is 2.64 bits per heavy atom. The zero-order valence-electron chi connectivity index (χ0n) is 14.6. The fourth-order valence-electron chi connectivity index (χ4n) is 2.95. The molecule has 3 rings (SSSR count). The number of aliphatic hydroxyl groups excluding tert-OH is 1. The van der Waals surface area contributed by atoms with Gasteiger partial charge in [-0.1, -0.05) is 44.2 Å². The van der Waals surface area contributed by atoms with E-state index in [2.05, 4.69) is 53.7 Å². The van der Waals surface area contributed by atoms with Crippen molar-refractivity contribution in [2.45, 2.75) is 44.2 Å². The van der Waals surface area contributed by atoms with Crippen LogP contribution in [0.3, 0.4) is 0 Å². The monoisotopic (exact) mass is 339 g/mol.